The van der Waals surface area contributed by atoms with Gasteiger partial charge in [0.15, 0.2) is 11.6 Å². The number of carbonyl (C=O) groups excluding carboxylic acids is 1. The molecule has 2 heterocycles. The van der Waals surface area contributed by atoms with Gasteiger partial charge in [-0.05, 0) is 37.4 Å². The summed E-state index contributed by atoms with van der Waals surface area (Å²) in [5, 5.41) is 9.11. The van der Waals surface area contributed by atoms with Crippen molar-refractivity contribution in [3.8, 4) is 5.75 Å². The first kappa shape index (κ1) is 18.1. The molecule has 26 heavy (non-hydrogen) atoms. The fourth-order valence-corrected chi connectivity index (χ4v) is 3.44. The molecule has 5 nitrogen and oxygen atoms in total. The Bertz CT molecular complexity index is 933. The standard InChI is InChI=1S/C19H20FN3O2S/c1-12-15(13(2)23(3)22-12)9-21-19(24)18-8-14(11-26-18)10-25-17-7-5-4-6-16(17)20/h4-8,11H,9-10H2,1-3H3,(H,21,24). The van der Waals surface area contributed by atoms with E-state index in [1.807, 2.05) is 26.3 Å². The highest BCUT2D eigenvalue weighted by Gasteiger charge is 2.13. The van der Waals surface area contributed by atoms with Crippen LogP contribution in [-0.2, 0) is 20.2 Å². The summed E-state index contributed by atoms with van der Waals surface area (Å²) in [6, 6.07) is 8.02. The summed E-state index contributed by atoms with van der Waals surface area (Å²) in [6.07, 6.45) is 0. The lowest BCUT2D eigenvalue weighted by Crippen LogP contribution is -2.22. The average molecular weight is 373 g/mol. The van der Waals surface area contributed by atoms with Crippen molar-refractivity contribution < 1.29 is 13.9 Å². The quantitative estimate of drug-likeness (QED) is 0.716. The third kappa shape index (κ3) is 3.94. The van der Waals surface area contributed by atoms with Gasteiger partial charge in [-0.2, -0.15) is 5.10 Å². The summed E-state index contributed by atoms with van der Waals surface area (Å²) in [6.45, 7) is 4.55. The van der Waals surface area contributed by atoms with Crippen molar-refractivity contribution in [2.24, 2.45) is 7.05 Å². The maximum Gasteiger partial charge on any atom is 0.261 e. The summed E-state index contributed by atoms with van der Waals surface area (Å²) < 4.78 is 20.8. The molecule has 0 fully saturated rings. The molecule has 0 radical (unpaired) electrons. The van der Waals surface area contributed by atoms with Crippen LogP contribution in [-0.4, -0.2) is 15.7 Å². The Labute approximate surface area is 155 Å². The van der Waals surface area contributed by atoms with Crippen LogP contribution in [0.3, 0.4) is 0 Å². The number of nitrogens with one attached hydrogen (secondary N) is 1. The zero-order valence-corrected chi connectivity index (χ0v) is 15.7. The third-order valence-electron chi connectivity index (χ3n) is 4.19. The first-order valence-electron chi connectivity index (χ1n) is 8.17. The van der Waals surface area contributed by atoms with E-state index in [4.69, 9.17) is 4.74 Å². The number of benzene rings is 1. The Balaban J connectivity index is 1.58. The van der Waals surface area contributed by atoms with Gasteiger partial charge in [-0.1, -0.05) is 12.1 Å². The molecule has 0 aliphatic heterocycles. The molecule has 2 aromatic heterocycles. The molecule has 0 saturated carbocycles. The third-order valence-corrected chi connectivity index (χ3v) is 5.17. The van der Waals surface area contributed by atoms with Gasteiger partial charge in [-0.15, -0.1) is 11.3 Å². The first-order chi connectivity index (χ1) is 12.5. The Morgan fingerprint density at radius 3 is 2.81 bits per heavy atom. The molecule has 7 heteroatoms. The molecular formula is C19H20FN3O2S. The van der Waals surface area contributed by atoms with Crippen LogP contribution in [0.25, 0.3) is 0 Å². The molecule has 3 aromatic rings. The van der Waals surface area contributed by atoms with Gasteiger partial charge in [0.1, 0.15) is 6.61 Å². The zero-order valence-electron chi connectivity index (χ0n) is 14.9. The van der Waals surface area contributed by atoms with Crippen LogP contribution in [0.4, 0.5) is 4.39 Å². The summed E-state index contributed by atoms with van der Waals surface area (Å²) in [5.74, 6) is -0.343. The molecule has 3 rings (SSSR count). The van der Waals surface area contributed by atoms with Gasteiger partial charge in [0.05, 0.1) is 10.6 Å². The predicted molar refractivity (Wildman–Crippen MR) is 98.9 cm³/mol. The maximum absolute atomic E-state index is 13.6. The number of thiophene rings is 1. The summed E-state index contributed by atoms with van der Waals surface area (Å²) >= 11 is 1.34. The molecule has 0 unspecified atom stereocenters. The topological polar surface area (TPSA) is 56.2 Å². The van der Waals surface area contributed by atoms with E-state index < -0.39 is 5.82 Å². The molecule has 0 spiro atoms. The molecule has 1 aromatic carbocycles. The number of hydrogen-bond acceptors (Lipinski definition) is 4. The van der Waals surface area contributed by atoms with Gasteiger partial charge >= 0.3 is 0 Å². The van der Waals surface area contributed by atoms with Crippen molar-refractivity contribution in [2.75, 3.05) is 0 Å². The number of nitrogens with zero attached hydrogens (tertiary/aromatic N) is 2. The van der Waals surface area contributed by atoms with Crippen LogP contribution >= 0.6 is 11.3 Å². The van der Waals surface area contributed by atoms with Crippen LogP contribution in [0.1, 0.15) is 32.2 Å². The summed E-state index contributed by atoms with van der Waals surface area (Å²) in [5.41, 5.74) is 3.81. The number of carbonyl (C=O) groups is 1. The van der Waals surface area contributed by atoms with E-state index in [1.54, 1.807) is 28.9 Å². The highest BCUT2D eigenvalue weighted by atomic mass is 32.1. The smallest absolute Gasteiger partial charge is 0.261 e. The SMILES string of the molecule is Cc1nn(C)c(C)c1CNC(=O)c1cc(COc2ccccc2F)cs1. The predicted octanol–water partition coefficient (Wildman–Crippen LogP) is 3.75. The Morgan fingerprint density at radius 1 is 1.35 bits per heavy atom. The minimum Gasteiger partial charge on any atom is -0.486 e. The lowest BCUT2D eigenvalue weighted by atomic mass is 10.2. The Kier molecular flexibility index (Phi) is 5.37. The number of amides is 1. The lowest BCUT2D eigenvalue weighted by molar-refractivity contribution is 0.0955. The second-order valence-electron chi connectivity index (χ2n) is 5.99. The molecule has 0 saturated heterocycles. The van der Waals surface area contributed by atoms with Gasteiger partial charge in [-0.25, -0.2) is 4.39 Å². The molecule has 0 atom stereocenters. The number of hydrogen-bond donors (Lipinski definition) is 1. The first-order valence-corrected chi connectivity index (χ1v) is 9.05. The van der Waals surface area contributed by atoms with E-state index in [-0.39, 0.29) is 18.3 Å². The van der Waals surface area contributed by atoms with Gasteiger partial charge in [0, 0.05) is 30.4 Å². The van der Waals surface area contributed by atoms with E-state index in [0.29, 0.717) is 11.4 Å². The van der Waals surface area contributed by atoms with Crippen molar-refractivity contribution in [3.63, 3.8) is 0 Å². The second kappa shape index (κ2) is 7.70. The second-order valence-corrected chi connectivity index (χ2v) is 6.91. The number of para-hydroxylation sites is 1. The van der Waals surface area contributed by atoms with Crippen LogP contribution < -0.4 is 10.1 Å². The molecule has 1 N–H and O–H groups in total. The number of aromatic nitrogens is 2. The fourth-order valence-electron chi connectivity index (χ4n) is 2.62. The van der Waals surface area contributed by atoms with Crippen LogP contribution in [0.2, 0.25) is 0 Å². The largest absolute Gasteiger partial charge is 0.486 e. The summed E-state index contributed by atoms with van der Waals surface area (Å²) in [7, 11) is 1.88. The minimum absolute atomic E-state index is 0.144. The van der Waals surface area contributed by atoms with E-state index in [9.17, 15) is 9.18 Å². The fraction of sp³-hybridized carbons (Fsp3) is 0.263. The maximum atomic E-state index is 13.6. The van der Waals surface area contributed by atoms with Crippen molar-refractivity contribution in [1.29, 1.82) is 0 Å². The van der Waals surface area contributed by atoms with E-state index in [1.165, 1.54) is 17.4 Å². The Hall–Kier alpha value is -2.67. The molecular weight excluding hydrogens is 353 g/mol. The number of aryl methyl sites for hydroxylation is 2. The van der Waals surface area contributed by atoms with Gasteiger partial charge in [0.25, 0.3) is 5.91 Å². The highest BCUT2D eigenvalue weighted by molar-refractivity contribution is 7.12. The summed E-state index contributed by atoms with van der Waals surface area (Å²) in [4.78, 5) is 13.0. The molecule has 0 bridgehead atoms. The molecule has 0 aliphatic carbocycles. The van der Waals surface area contributed by atoms with Gasteiger partial charge < -0.3 is 10.1 Å². The molecule has 0 aliphatic rings. The monoisotopic (exact) mass is 373 g/mol. The van der Waals surface area contributed by atoms with Crippen LogP contribution in [0, 0.1) is 19.7 Å². The van der Waals surface area contributed by atoms with Crippen molar-refractivity contribution in [3.05, 3.63) is 68.9 Å². The number of halogens is 1. The average Bonchev–Trinajstić information content (AvgIpc) is 3.18. The van der Waals surface area contributed by atoms with Crippen molar-refractivity contribution >= 4 is 17.2 Å². The highest BCUT2D eigenvalue weighted by Crippen LogP contribution is 2.20. The Morgan fingerprint density at radius 2 is 2.12 bits per heavy atom. The number of ether oxygens (including phenoxy) is 1. The normalized spacial score (nSPS) is 10.8. The van der Waals surface area contributed by atoms with Crippen LogP contribution in [0.5, 0.6) is 5.75 Å². The van der Waals surface area contributed by atoms with Crippen molar-refractivity contribution in [1.82, 2.24) is 15.1 Å². The van der Waals surface area contributed by atoms with Gasteiger partial charge in [0.2, 0.25) is 0 Å². The van der Waals surface area contributed by atoms with Crippen LogP contribution in [0.15, 0.2) is 35.7 Å². The number of rotatable bonds is 6. The van der Waals surface area contributed by atoms with E-state index in [0.717, 1.165) is 22.5 Å². The molecule has 136 valence electrons. The molecule has 1 amide bonds. The van der Waals surface area contributed by atoms with Gasteiger partial charge in [-0.3, -0.25) is 9.48 Å². The van der Waals surface area contributed by atoms with Crippen molar-refractivity contribution in [2.45, 2.75) is 27.0 Å². The van der Waals surface area contributed by atoms with E-state index in [2.05, 4.69) is 10.4 Å². The minimum atomic E-state index is -0.400. The lowest BCUT2D eigenvalue weighted by Gasteiger charge is -2.05. The zero-order chi connectivity index (χ0) is 18.7. The van der Waals surface area contributed by atoms with E-state index >= 15 is 0 Å².